The number of hydrogen-bond donors (Lipinski definition) is 0. The lowest BCUT2D eigenvalue weighted by molar-refractivity contribution is 0.0671. The number of rotatable bonds is 4. The highest BCUT2D eigenvalue weighted by Crippen LogP contribution is 2.23. The lowest BCUT2D eigenvalue weighted by atomic mass is 9.93. The SMILES string of the molecule is Cc1ncc(-c2cncc(C[C@H]3CCCN(C(=O)c4cc(F)cc(F)c4)C3)n2)n1C. The predicted octanol–water partition coefficient (Wildman–Crippen LogP) is 3.56. The molecule has 6 nitrogen and oxygen atoms in total. The van der Waals surface area contributed by atoms with E-state index in [1.165, 1.54) is 0 Å². The summed E-state index contributed by atoms with van der Waals surface area (Å²) < 4.78 is 29.0. The number of carbonyl (C=O) groups is 1. The van der Waals surface area contributed by atoms with Crippen molar-refractivity contribution in [1.82, 2.24) is 24.4 Å². The second-order valence-corrected chi connectivity index (χ2v) is 7.77. The van der Waals surface area contributed by atoms with Crippen LogP contribution < -0.4 is 0 Å². The van der Waals surface area contributed by atoms with Gasteiger partial charge in [-0.3, -0.25) is 9.78 Å². The van der Waals surface area contributed by atoms with Crippen molar-refractivity contribution < 1.29 is 13.6 Å². The average Bonchev–Trinajstić information content (AvgIpc) is 3.06. The Kier molecular flexibility index (Phi) is 5.57. The first kappa shape index (κ1) is 20.1. The van der Waals surface area contributed by atoms with Crippen molar-refractivity contribution in [3.63, 3.8) is 0 Å². The molecule has 3 aromatic rings. The van der Waals surface area contributed by atoms with Gasteiger partial charge in [-0.2, -0.15) is 0 Å². The molecule has 1 amide bonds. The molecule has 0 saturated carbocycles. The lowest BCUT2D eigenvalue weighted by Gasteiger charge is -2.32. The van der Waals surface area contributed by atoms with Crippen LogP contribution in [0.4, 0.5) is 8.78 Å². The molecule has 156 valence electrons. The third-order valence-electron chi connectivity index (χ3n) is 5.58. The van der Waals surface area contributed by atoms with Gasteiger partial charge in [-0.05, 0) is 44.2 Å². The molecule has 0 N–H and O–H groups in total. The topological polar surface area (TPSA) is 63.9 Å². The summed E-state index contributed by atoms with van der Waals surface area (Å²) in [6, 6.07) is 2.94. The number of nitrogens with zero attached hydrogens (tertiary/aromatic N) is 5. The fraction of sp³-hybridized carbons (Fsp3) is 0.364. The van der Waals surface area contributed by atoms with Gasteiger partial charge >= 0.3 is 0 Å². The van der Waals surface area contributed by atoms with Gasteiger partial charge < -0.3 is 9.47 Å². The highest BCUT2D eigenvalue weighted by Gasteiger charge is 2.26. The summed E-state index contributed by atoms with van der Waals surface area (Å²) in [6.45, 7) is 3.03. The maximum atomic E-state index is 13.5. The number of hydrogen-bond acceptors (Lipinski definition) is 4. The fourth-order valence-corrected chi connectivity index (χ4v) is 3.94. The van der Waals surface area contributed by atoms with Crippen LogP contribution in [0.25, 0.3) is 11.4 Å². The number of aryl methyl sites for hydroxylation is 1. The van der Waals surface area contributed by atoms with Crippen molar-refractivity contribution in [3.05, 3.63) is 65.5 Å². The Balaban J connectivity index is 1.47. The molecule has 0 aliphatic carbocycles. The van der Waals surface area contributed by atoms with Gasteiger partial charge in [0.25, 0.3) is 5.91 Å². The molecule has 2 aromatic heterocycles. The Labute approximate surface area is 173 Å². The van der Waals surface area contributed by atoms with Crippen molar-refractivity contribution in [2.75, 3.05) is 13.1 Å². The van der Waals surface area contributed by atoms with E-state index < -0.39 is 11.6 Å². The summed E-state index contributed by atoms with van der Waals surface area (Å²) in [6.07, 6.45) is 7.71. The zero-order chi connectivity index (χ0) is 21.3. The van der Waals surface area contributed by atoms with E-state index in [1.54, 1.807) is 23.5 Å². The molecule has 30 heavy (non-hydrogen) atoms. The summed E-state index contributed by atoms with van der Waals surface area (Å²) in [5.41, 5.74) is 2.55. The molecule has 1 saturated heterocycles. The van der Waals surface area contributed by atoms with Crippen LogP contribution in [0.3, 0.4) is 0 Å². The molecule has 1 aliphatic rings. The standard InChI is InChI=1S/C22H23F2N5O/c1-14-26-12-21(28(14)2)20-11-25-10-19(27-20)6-15-4-3-5-29(13-15)22(30)16-7-17(23)9-18(24)8-16/h7-12,15H,3-6,13H2,1-2H3/t15-/m1/s1. The van der Waals surface area contributed by atoms with Crippen LogP contribution in [0.15, 0.2) is 36.8 Å². The Hall–Kier alpha value is -3.16. The van der Waals surface area contributed by atoms with Crippen molar-refractivity contribution in [2.45, 2.75) is 26.2 Å². The lowest BCUT2D eigenvalue weighted by Crippen LogP contribution is -2.40. The molecule has 1 fully saturated rings. The number of imidazole rings is 1. The van der Waals surface area contributed by atoms with Gasteiger partial charge in [0, 0.05) is 38.0 Å². The van der Waals surface area contributed by atoms with Gasteiger partial charge in [0.1, 0.15) is 23.2 Å². The Morgan fingerprint density at radius 1 is 1.17 bits per heavy atom. The molecule has 4 rings (SSSR count). The minimum absolute atomic E-state index is 0.0431. The Morgan fingerprint density at radius 2 is 1.93 bits per heavy atom. The van der Waals surface area contributed by atoms with E-state index >= 15 is 0 Å². The summed E-state index contributed by atoms with van der Waals surface area (Å²) in [7, 11) is 1.94. The largest absolute Gasteiger partial charge is 0.338 e. The van der Waals surface area contributed by atoms with Crippen LogP contribution in [0.2, 0.25) is 0 Å². The van der Waals surface area contributed by atoms with Gasteiger partial charge in [0.15, 0.2) is 0 Å². The maximum absolute atomic E-state index is 13.5. The number of piperidine rings is 1. The zero-order valence-electron chi connectivity index (χ0n) is 17.0. The normalized spacial score (nSPS) is 16.7. The van der Waals surface area contributed by atoms with Crippen LogP contribution in [0.5, 0.6) is 0 Å². The van der Waals surface area contributed by atoms with Crippen LogP contribution in [0, 0.1) is 24.5 Å². The van der Waals surface area contributed by atoms with E-state index in [2.05, 4.69) is 9.97 Å². The third kappa shape index (κ3) is 4.22. The number of benzene rings is 1. The summed E-state index contributed by atoms with van der Waals surface area (Å²) in [5, 5.41) is 0. The predicted molar refractivity (Wildman–Crippen MR) is 108 cm³/mol. The van der Waals surface area contributed by atoms with Gasteiger partial charge in [-0.1, -0.05) is 0 Å². The van der Waals surface area contributed by atoms with Crippen LogP contribution in [-0.4, -0.2) is 43.4 Å². The van der Waals surface area contributed by atoms with Crippen LogP contribution in [0.1, 0.15) is 34.7 Å². The number of aromatic nitrogens is 4. The zero-order valence-corrected chi connectivity index (χ0v) is 17.0. The van der Waals surface area contributed by atoms with Gasteiger partial charge in [-0.25, -0.2) is 18.7 Å². The fourth-order valence-electron chi connectivity index (χ4n) is 3.94. The third-order valence-corrected chi connectivity index (χ3v) is 5.58. The number of carbonyl (C=O) groups excluding carboxylic acids is 1. The molecule has 1 atom stereocenters. The summed E-state index contributed by atoms with van der Waals surface area (Å²) in [5.74, 6) is -0.733. The first-order valence-corrected chi connectivity index (χ1v) is 9.95. The molecule has 8 heteroatoms. The quantitative estimate of drug-likeness (QED) is 0.659. The van der Waals surface area contributed by atoms with E-state index in [-0.39, 0.29) is 17.4 Å². The van der Waals surface area contributed by atoms with Gasteiger partial charge in [0.2, 0.25) is 0 Å². The number of amides is 1. The second-order valence-electron chi connectivity index (χ2n) is 7.77. The van der Waals surface area contributed by atoms with Gasteiger partial charge in [0.05, 0.1) is 23.8 Å². The summed E-state index contributed by atoms with van der Waals surface area (Å²) >= 11 is 0. The Bertz CT molecular complexity index is 1060. The summed E-state index contributed by atoms with van der Waals surface area (Å²) in [4.78, 5) is 27.8. The minimum atomic E-state index is -0.746. The molecule has 1 aliphatic heterocycles. The first-order chi connectivity index (χ1) is 14.4. The van der Waals surface area contributed by atoms with E-state index in [0.29, 0.717) is 19.5 Å². The van der Waals surface area contributed by atoms with Crippen LogP contribution in [-0.2, 0) is 13.5 Å². The molecule has 0 radical (unpaired) electrons. The van der Waals surface area contributed by atoms with Crippen molar-refractivity contribution in [3.8, 4) is 11.4 Å². The number of halogens is 2. The highest BCUT2D eigenvalue weighted by molar-refractivity contribution is 5.94. The molecule has 3 heterocycles. The number of likely N-dealkylation sites (tertiary alicyclic amines) is 1. The highest BCUT2D eigenvalue weighted by atomic mass is 19.1. The molecule has 0 unspecified atom stereocenters. The smallest absolute Gasteiger partial charge is 0.254 e. The molecular formula is C22H23F2N5O. The second kappa shape index (κ2) is 8.30. The minimum Gasteiger partial charge on any atom is -0.338 e. The molecule has 0 bridgehead atoms. The van der Waals surface area contributed by atoms with Crippen molar-refractivity contribution in [2.24, 2.45) is 13.0 Å². The van der Waals surface area contributed by atoms with E-state index in [4.69, 9.17) is 4.98 Å². The van der Waals surface area contributed by atoms with E-state index in [1.807, 2.05) is 18.5 Å². The van der Waals surface area contributed by atoms with E-state index in [0.717, 1.165) is 53.9 Å². The average molecular weight is 411 g/mol. The Morgan fingerprint density at radius 3 is 2.63 bits per heavy atom. The first-order valence-electron chi connectivity index (χ1n) is 9.95. The van der Waals surface area contributed by atoms with E-state index in [9.17, 15) is 13.6 Å². The van der Waals surface area contributed by atoms with Crippen molar-refractivity contribution in [1.29, 1.82) is 0 Å². The van der Waals surface area contributed by atoms with Gasteiger partial charge in [-0.15, -0.1) is 0 Å². The molecule has 0 spiro atoms. The van der Waals surface area contributed by atoms with Crippen molar-refractivity contribution >= 4 is 5.91 Å². The molecule has 1 aromatic carbocycles. The maximum Gasteiger partial charge on any atom is 0.254 e. The monoisotopic (exact) mass is 411 g/mol. The van der Waals surface area contributed by atoms with Crippen LogP contribution >= 0.6 is 0 Å². The molecular weight excluding hydrogens is 388 g/mol.